The van der Waals surface area contributed by atoms with E-state index in [2.05, 4.69) is 250 Å². The third-order valence-electron chi connectivity index (χ3n) is 21.9. The summed E-state index contributed by atoms with van der Waals surface area (Å²) in [5, 5.41) is 11.7. The fraction of sp³-hybridized carbons (Fsp3) is 0.270. The van der Waals surface area contributed by atoms with Gasteiger partial charge in [-0.05, 0) is 182 Å². The molecular formula is C111H126N6. The van der Waals surface area contributed by atoms with Crippen molar-refractivity contribution in [2.45, 2.75) is 205 Å². The number of hydrogen-bond acceptors (Lipinski definition) is 3. The first-order valence-corrected chi connectivity index (χ1v) is 44.7. The van der Waals surface area contributed by atoms with Crippen LogP contribution in [0.15, 0.2) is 256 Å². The van der Waals surface area contributed by atoms with Gasteiger partial charge in [-0.25, -0.2) is 15.0 Å². The Balaban J connectivity index is 0.000000164. The van der Waals surface area contributed by atoms with Gasteiger partial charge < -0.3 is 0 Å². The van der Waals surface area contributed by atoms with Crippen LogP contribution >= 0.6 is 0 Å². The van der Waals surface area contributed by atoms with E-state index in [0.717, 1.165) is 55.5 Å². The smallest absolute Gasteiger partial charge is 0.145 e. The Morgan fingerprint density at radius 2 is 0.479 bits per heavy atom. The van der Waals surface area contributed by atoms with Gasteiger partial charge in [-0.15, -0.1) is 0 Å². The number of aromatic nitrogens is 6. The predicted octanol–water partition coefficient (Wildman–Crippen LogP) is 32.7. The lowest BCUT2D eigenvalue weighted by Crippen LogP contribution is -1.97. The van der Waals surface area contributed by atoms with Crippen molar-refractivity contribution >= 4 is 82.0 Å². The van der Waals surface area contributed by atoms with E-state index < -0.39 is 0 Å². The van der Waals surface area contributed by atoms with Gasteiger partial charge in [-0.2, -0.15) is 0 Å². The zero-order valence-corrected chi connectivity index (χ0v) is 74.7. The zero-order valence-electron chi connectivity index (χ0n) is 74.7. The Bertz CT molecular complexity index is 6310. The van der Waals surface area contributed by atoms with Crippen molar-refractivity contribution < 1.29 is 0 Å². The normalized spacial score (nSPS) is 11.4. The summed E-state index contributed by atoms with van der Waals surface area (Å²) in [6.07, 6.45) is 18.2. The Labute approximate surface area is 699 Å². The molecule has 6 heterocycles. The summed E-state index contributed by atoms with van der Waals surface area (Å²) in [5.74, 6) is 0. The Kier molecular flexibility index (Phi) is 30.5. The van der Waals surface area contributed by atoms with Gasteiger partial charge in [0.15, 0.2) is 0 Å². The minimum Gasteiger partial charge on any atom is -0.299 e. The molecule has 6 nitrogen and oxygen atoms in total. The van der Waals surface area contributed by atoms with E-state index in [0.29, 0.717) is 0 Å². The van der Waals surface area contributed by atoms with Crippen LogP contribution in [0.4, 0.5) is 0 Å². The van der Waals surface area contributed by atoms with Gasteiger partial charge in [0.2, 0.25) is 0 Å². The first-order chi connectivity index (χ1) is 58.1. The number of hydrogen-bond donors (Lipinski definition) is 0. The molecule has 6 aliphatic rings. The van der Waals surface area contributed by atoms with E-state index >= 15 is 0 Å². The molecule has 600 valence electrons. The summed E-state index contributed by atoms with van der Waals surface area (Å²) < 4.78 is 6.99. The molecular weight excluding hydrogens is 1420 g/mol. The molecule has 0 spiro atoms. The highest BCUT2D eigenvalue weighted by atomic mass is 15.0. The first kappa shape index (κ1) is 87.7. The molecule has 0 bridgehead atoms. The van der Waals surface area contributed by atoms with Gasteiger partial charge in [0.1, 0.15) is 16.9 Å². The van der Waals surface area contributed by atoms with E-state index in [1.165, 1.54) is 199 Å². The third kappa shape index (κ3) is 15.0. The van der Waals surface area contributed by atoms with Crippen molar-refractivity contribution in [3.63, 3.8) is 0 Å². The molecule has 12 aromatic carbocycles. The number of imidazole rings is 3. The molecule has 6 aliphatic carbocycles. The molecule has 24 rings (SSSR count). The van der Waals surface area contributed by atoms with Crippen LogP contribution in [0.25, 0.3) is 149 Å². The summed E-state index contributed by atoms with van der Waals surface area (Å²) in [6, 6.07) is 81.0. The SMILES string of the molecule is CC.CC.CC.CC.CC.CC.CC.CC.CC.CC.CC.CC.c1ccc2c(c1)Cc1c-2ccc2c3ccc4c(c3c3nccn3c12)-c1ccccc1C4.c1ccc2c(c1)Cc1cc3c(cc1-2)c1nccn1c1c2c(ccc31)-c1ccccc1C2.c1ccc2c(c1)Cc1ccc3c4ccc5c(c4n4ccnc4c3c1-2)-c1ccccc1C5. The van der Waals surface area contributed by atoms with Crippen LogP contribution in [0.3, 0.4) is 0 Å². The van der Waals surface area contributed by atoms with Gasteiger partial charge in [0, 0.05) is 87.9 Å². The van der Waals surface area contributed by atoms with Gasteiger partial charge in [0.25, 0.3) is 0 Å². The van der Waals surface area contributed by atoms with Crippen molar-refractivity contribution in [1.29, 1.82) is 0 Å². The lowest BCUT2D eigenvalue weighted by atomic mass is 9.93. The Morgan fingerprint density at radius 3 is 0.889 bits per heavy atom. The summed E-state index contributed by atoms with van der Waals surface area (Å²) in [6.45, 7) is 48.0. The lowest BCUT2D eigenvalue weighted by molar-refractivity contribution is 1.21. The second kappa shape index (κ2) is 40.7. The van der Waals surface area contributed by atoms with Gasteiger partial charge in [0.05, 0.1) is 16.6 Å². The topological polar surface area (TPSA) is 51.9 Å². The molecule has 0 radical (unpaired) electrons. The summed E-state index contributed by atoms with van der Waals surface area (Å²) >= 11 is 0. The number of pyridine rings is 3. The van der Waals surface area contributed by atoms with Crippen LogP contribution in [0.5, 0.6) is 0 Å². The van der Waals surface area contributed by atoms with Gasteiger partial charge >= 0.3 is 0 Å². The average molecular weight is 1540 g/mol. The number of fused-ring (bicyclic) bond motifs is 41. The summed E-state index contributed by atoms with van der Waals surface area (Å²) in [5.41, 5.74) is 40.5. The number of benzene rings is 12. The Hall–Kier alpha value is -11.7. The molecule has 0 saturated heterocycles. The van der Waals surface area contributed by atoms with Gasteiger partial charge in [-0.1, -0.05) is 372 Å². The Morgan fingerprint density at radius 1 is 0.197 bits per heavy atom. The highest BCUT2D eigenvalue weighted by Gasteiger charge is 2.31. The molecule has 6 heteroatoms. The van der Waals surface area contributed by atoms with E-state index in [1.807, 2.05) is 185 Å². The molecule has 0 saturated carbocycles. The molecule has 0 N–H and O–H groups in total. The second-order valence-electron chi connectivity index (χ2n) is 26.4. The molecule has 0 atom stereocenters. The van der Waals surface area contributed by atoms with E-state index in [1.54, 1.807) is 0 Å². The summed E-state index contributed by atoms with van der Waals surface area (Å²) in [4.78, 5) is 14.6. The highest BCUT2D eigenvalue weighted by molar-refractivity contribution is 6.22. The lowest BCUT2D eigenvalue weighted by Gasteiger charge is -2.15. The molecule has 0 fully saturated rings. The van der Waals surface area contributed by atoms with E-state index in [-0.39, 0.29) is 0 Å². The van der Waals surface area contributed by atoms with Crippen molar-refractivity contribution in [1.82, 2.24) is 28.2 Å². The number of nitrogens with zero attached hydrogens (tertiary/aromatic N) is 6. The minimum atomic E-state index is 0.982. The summed E-state index contributed by atoms with van der Waals surface area (Å²) in [7, 11) is 0. The standard InChI is InChI=1S/3C29H18N2.12C2H6/c1-4-8-21-17(5-1)13-19-15-25-23-10-9-22-20-7-3-2-6-18(20)14-26(22)28(23)31-12-11-30-29(31)27(25)16-24(19)21;1-3-7-20-18(6-1)16-25-22(20)11-12-24-23-10-9-19-15-17-5-2-4-8-21(17)26(19)27(23)29-30-13-14-31(29)28(24)25;1-3-7-21-17(5-1)15-19-9-11-23-24-12-10-20-16-18-6-2-4-8-22(18)26(20)28(24)31-14-13-30-29(31)27(23)25(19)21;12*1-2/h1-12,15-16H,13-14H2;2*1-14H,15-16H2;12*1-2H3. The average Bonchev–Trinajstić information content (AvgIpc) is 1.59. The third-order valence-corrected chi connectivity index (χ3v) is 21.9. The maximum Gasteiger partial charge on any atom is 0.145 e. The molecule has 6 aromatic heterocycles. The largest absolute Gasteiger partial charge is 0.299 e. The van der Waals surface area contributed by atoms with Crippen LogP contribution in [0, 0.1) is 0 Å². The molecule has 18 aromatic rings. The van der Waals surface area contributed by atoms with Crippen LogP contribution in [0.2, 0.25) is 0 Å². The molecule has 0 aliphatic heterocycles. The van der Waals surface area contributed by atoms with E-state index in [9.17, 15) is 0 Å². The van der Waals surface area contributed by atoms with E-state index in [4.69, 9.17) is 15.0 Å². The van der Waals surface area contributed by atoms with Crippen molar-refractivity contribution in [2.24, 2.45) is 0 Å². The maximum atomic E-state index is 4.89. The monoisotopic (exact) mass is 1540 g/mol. The number of rotatable bonds is 0. The zero-order chi connectivity index (χ0) is 84.3. The van der Waals surface area contributed by atoms with Crippen molar-refractivity contribution in [3.8, 4) is 66.8 Å². The fourth-order valence-corrected chi connectivity index (χ4v) is 18.0. The highest BCUT2D eigenvalue weighted by Crippen LogP contribution is 2.52. The minimum absolute atomic E-state index is 0.982. The molecule has 0 amide bonds. The predicted molar refractivity (Wildman–Crippen MR) is 516 cm³/mol. The van der Waals surface area contributed by atoms with Crippen LogP contribution in [0.1, 0.15) is 233 Å². The quantitative estimate of drug-likeness (QED) is 0.142. The van der Waals surface area contributed by atoms with Crippen LogP contribution < -0.4 is 0 Å². The van der Waals surface area contributed by atoms with Crippen LogP contribution in [-0.4, -0.2) is 28.2 Å². The fourth-order valence-electron chi connectivity index (χ4n) is 18.0. The van der Waals surface area contributed by atoms with Crippen molar-refractivity contribution in [2.75, 3.05) is 0 Å². The molecule has 117 heavy (non-hydrogen) atoms. The molecule has 0 unspecified atom stereocenters. The van der Waals surface area contributed by atoms with Crippen LogP contribution in [-0.2, 0) is 38.5 Å². The maximum absolute atomic E-state index is 4.89. The van der Waals surface area contributed by atoms with Crippen molar-refractivity contribution in [3.05, 3.63) is 322 Å². The first-order valence-electron chi connectivity index (χ1n) is 44.7. The van der Waals surface area contributed by atoms with Gasteiger partial charge in [-0.3, -0.25) is 13.2 Å². The second-order valence-corrected chi connectivity index (χ2v) is 26.4.